The maximum absolute atomic E-state index is 12.1. The van der Waals surface area contributed by atoms with Gasteiger partial charge in [0.1, 0.15) is 12.2 Å². The fourth-order valence-electron chi connectivity index (χ4n) is 3.01. The molecule has 1 saturated carbocycles. The Kier molecular flexibility index (Phi) is 3.22. The van der Waals surface area contributed by atoms with Crippen LogP contribution in [0.1, 0.15) is 12.8 Å². The summed E-state index contributed by atoms with van der Waals surface area (Å²) in [5.74, 6) is 0.842. The summed E-state index contributed by atoms with van der Waals surface area (Å²) < 4.78 is 10.8. The maximum Gasteiger partial charge on any atom is 0.251 e. The summed E-state index contributed by atoms with van der Waals surface area (Å²) in [5, 5.41) is 3.02. The predicted octanol–water partition coefficient (Wildman–Crippen LogP) is -0.617. The number of nitrogens with one attached hydrogen (secondary N) is 1. The molecule has 2 saturated heterocycles. The quantitative estimate of drug-likeness (QED) is 0.741. The largest absolute Gasteiger partial charge is 0.381 e. The van der Waals surface area contributed by atoms with Crippen molar-refractivity contribution >= 4 is 11.8 Å². The van der Waals surface area contributed by atoms with E-state index in [0.29, 0.717) is 24.7 Å². The van der Waals surface area contributed by atoms with E-state index in [-0.39, 0.29) is 17.9 Å². The van der Waals surface area contributed by atoms with Crippen molar-refractivity contribution in [2.45, 2.75) is 31.1 Å². The smallest absolute Gasteiger partial charge is 0.251 e. The topological polar surface area (TPSA) is 67.9 Å². The van der Waals surface area contributed by atoms with Crippen molar-refractivity contribution in [2.24, 2.45) is 11.8 Å². The predicted molar refractivity (Wildman–Crippen MR) is 66.3 cm³/mol. The van der Waals surface area contributed by atoms with Gasteiger partial charge in [-0.1, -0.05) is 0 Å². The number of hydrogen-bond donors (Lipinski definition) is 1. The highest BCUT2D eigenvalue weighted by atomic mass is 16.5. The second-order valence-electron chi connectivity index (χ2n) is 5.82. The van der Waals surface area contributed by atoms with Crippen molar-refractivity contribution in [1.82, 2.24) is 10.2 Å². The lowest BCUT2D eigenvalue weighted by Crippen LogP contribution is -2.40. The Morgan fingerprint density at radius 3 is 2.37 bits per heavy atom. The van der Waals surface area contributed by atoms with Crippen LogP contribution in [0, 0.1) is 11.8 Å². The zero-order valence-electron chi connectivity index (χ0n) is 11.3. The molecule has 0 aromatic heterocycles. The molecule has 1 N–H and O–H groups in total. The van der Waals surface area contributed by atoms with Crippen LogP contribution in [-0.4, -0.2) is 62.3 Å². The summed E-state index contributed by atoms with van der Waals surface area (Å²) in [6, 6.07) is 0.258. The normalized spacial score (nSPS) is 39.8. The Bertz CT molecular complexity index is 388. The van der Waals surface area contributed by atoms with E-state index in [1.54, 1.807) is 14.1 Å². The third-order valence-electron chi connectivity index (χ3n) is 4.29. The zero-order chi connectivity index (χ0) is 13.6. The molecule has 0 aromatic carbocycles. The molecule has 0 radical (unpaired) electrons. The summed E-state index contributed by atoms with van der Waals surface area (Å²) in [4.78, 5) is 25.3. The van der Waals surface area contributed by atoms with Gasteiger partial charge in [0.15, 0.2) is 0 Å². The van der Waals surface area contributed by atoms with Crippen LogP contribution in [0.2, 0.25) is 0 Å². The van der Waals surface area contributed by atoms with Crippen molar-refractivity contribution in [2.75, 3.05) is 27.3 Å². The zero-order valence-corrected chi connectivity index (χ0v) is 11.3. The number of likely N-dealkylation sites (N-methyl/N-ethyl adjacent to an activating group) is 1. The van der Waals surface area contributed by atoms with Crippen LogP contribution >= 0.6 is 0 Å². The van der Waals surface area contributed by atoms with Crippen LogP contribution in [-0.2, 0) is 19.1 Å². The molecule has 0 aromatic rings. The first-order valence-corrected chi connectivity index (χ1v) is 6.82. The van der Waals surface area contributed by atoms with E-state index in [1.165, 1.54) is 4.90 Å². The Balaban J connectivity index is 1.48. The molecular weight excluding hydrogens is 248 g/mol. The monoisotopic (exact) mass is 268 g/mol. The molecule has 0 spiro atoms. The van der Waals surface area contributed by atoms with Gasteiger partial charge in [0, 0.05) is 32.0 Å². The van der Waals surface area contributed by atoms with Crippen LogP contribution in [0.25, 0.3) is 0 Å². The number of rotatable bonds is 3. The van der Waals surface area contributed by atoms with Gasteiger partial charge in [0.25, 0.3) is 5.91 Å². The van der Waals surface area contributed by atoms with Crippen molar-refractivity contribution in [1.29, 1.82) is 0 Å². The number of hydrogen-bond acceptors (Lipinski definition) is 4. The number of carbonyl (C=O) groups excluding carboxylic acids is 2. The molecule has 6 nitrogen and oxygen atoms in total. The van der Waals surface area contributed by atoms with E-state index < -0.39 is 12.2 Å². The minimum Gasteiger partial charge on any atom is -0.381 e. The van der Waals surface area contributed by atoms with Crippen LogP contribution in [0.5, 0.6) is 0 Å². The Labute approximate surface area is 112 Å². The van der Waals surface area contributed by atoms with Crippen LogP contribution < -0.4 is 5.32 Å². The van der Waals surface area contributed by atoms with Gasteiger partial charge in [-0.15, -0.1) is 0 Å². The molecule has 2 amide bonds. The number of fused-ring (bicyclic) bond motifs is 1. The van der Waals surface area contributed by atoms with E-state index in [2.05, 4.69) is 5.32 Å². The van der Waals surface area contributed by atoms with Gasteiger partial charge < -0.3 is 19.7 Å². The highest BCUT2D eigenvalue weighted by Crippen LogP contribution is 2.44. The van der Waals surface area contributed by atoms with Gasteiger partial charge in [-0.2, -0.15) is 0 Å². The van der Waals surface area contributed by atoms with Crippen LogP contribution in [0.15, 0.2) is 0 Å². The molecule has 1 aliphatic carbocycles. The van der Waals surface area contributed by atoms with Crippen molar-refractivity contribution in [3.05, 3.63) is 0 Å². The summed E-state index contributed by atoms with van der Waals surface area (Å²) in [5.41, 5.74) is 0. The fraction of sp³-hybridized carbons (Fsp3) is 0.846. The van der Waals surface area contributed by atoms with Crippen molar-refractivity contribution in [3.63, 3.8) is 0 Å². The number of amides is 2. The van der Waals surface area contributed by atoms with E-state index in [1.807, 2.05) is 0 Å². The van der Waals surface area contributed by atoms with Gasteiger partial charge in [-0.25, -0.2) is 0 Å². The third kappa shape index (κ3) is 2.34. The van der Waals surface area contributed by atoms with E-state index in [0.717, 1.165) is 13.2 Å². The Morgan fingerprint density at radius 2 is 1.74 bits per heavy atom. The standard InChI is InChI=1S/C13H20N2O4/c1-15(2)13(17)10-4-3-9(19-10)12(16)14-11-7-5-18-6-8(7)11/h7-11H,3-6H2,1-2H3,(H,14,16)/t7-,8+,9-,10+,11?/m0/s1. The first-order valence-electron chi connectivity index (χ1n) is 6.82. The number of ether oxygens (including phenoxy) is 2. The van der Waals surface area contributed by atoms with E-state index in [9.17, 15) is 9.59 Å². The fourth-order valence-corrected chi connectivity index (χ4v) is 3.01. The second kappa shape index (κ2) is 4.76. The van der Waals surface area contributed by atoms with Gasteiger partial charge in [0.05, 0.1) is 13.2 Å². The lowest BCUT2D eigenvalue weighted by Gasteiger charge is -2.17. The summed E-state index contributed by atoms with van der Waals surface area (Å²) in [7, 11) is 3.40. The number of nitrogens with zero attached hydrogens (tertiary/aromatic N) is 1. The van der Waals surface area contributed by atoms with Crippen LogP contribution in [0.4, 0.5) is 0 Å². The van der Waals surface area contributed by atoms with Crippen molar-refractivity contribution < 1.29 is 19.1 Å². The molecule has 5 atom stereocenters. The van der Waals surface area contributed by atoms with Crippen molar-refractivity contribution in [3.8, 4) is 0 Å². The molecule has 0 bridgehead atoms. The molecule has 3 aliphatic rings. The van der Waals surface area contributed by atoms with E-state index in [4.69, 9.17) is 9.47 Å². The first-order chi connectivity index (χ1) is 9.08. The lowest BCUT2D eigenvalue weighted by atomic mass is 10.1. The van der Waals surface area contributed by atoms with Crippen LogP contribution in [0.3, 0.4) is 0 Å². The van der Waals surface area contributed by atoms with Gasteiger partial charge in [-0.05, 0) is 12.8 Å². The number of carbonyl (C=O) groups is 2. The molecule has 106 valence electrons. The average Bonchev–Trinajstić information content (AvgIpc) is 2.85. The Hall–Kier alpha value is -1.14. The maximum atomic E-state index is 12.1. The average molecular weight is 268 g/mol. The molecule has 6 heteroatoms. The SMILES string of the molecule is CN(C)C(=O)[C@H]1CC[C@@H](C(=O)NC2[C@H]3COC[C@@H]23)O1. The lowest BCUT2D eigenvalue weighted by molar-refractivity contribution is -0.144. The highest BCUT2D eigenvalue weighted by Gasteiger charge is 2.55. The summed E-state index contributed by atoms with van der Waals surface area (Å²) in [6.45, 7) is 1.51. The molecule has 3 rings (SSSR count). The molecule has 2 heterocycles. The highest BCUT2D eigenvalue weighted by molar-refractivity contribution is 5.85. The molecule has 3 fully saturated rings. The Morgan fingerprint density at radius 1 is 1.11 bits per heavy atom. The van der Waals surface area contributed by atoms with E-state index >= 15 is 0 Å². The molecule has 2 aliphatic heterocycles. The third-order valence-corrected chi connectivity index (χ3v) is 4.29. The second-order valence-corrected chi connectivity index (χ2v) is 5.82. The first kappa shape index (κ1) is 12.9. The summed E-state index contributed by atoms with van der Waals surface area (Å²) >= 11 is 0. The minimum atomic E-state index is -0.476. The summed E-state index contributed by atoms with van der Waals surface area (Å²) in [6.07, 6.45) is 0.300. The van der Waals surface area contributed by atoms with Gasteiger partial charge in [-0.3, -0.25) is 9.59 Å². The minimum absolute atomic E-state index is 0.0630. The molecule has 19 heavy (non-hydrogen) atoms. The van der Waals surface area contributed by atoms with Gasteiger partial charge in [0.2, 0.25) is 5.91 Å². The molecule has 1 unspecified atom stereocenters. The molecular formula is C13H20N2O4. The van der Waals surface area contributed by atoms with Gasteiger partial charge >= 0.3 is 0 Å².